The molecule has 1 unspecified atom stereocenters. The minimum Gasteiger partial charge on any atom is -0.497 e. The summed E-state index contributed by atoms with van der Waals surface area (Å²) < 4.78 is 11.3. The zero-order chi connectivity index (χ0) is 29.9. The van der Waals surface area contributed by atoms with E-state index >= 15 is 0 Å². The van der Waals surface area contributed by atoms with Crippen LogP contribution in [0, 0.1) is 6.92 Å². The van der Waals surface area contributed by atoms with Gasteiger partial charge in [-0.3, -0.25) is 14.5 Å². The third kappa shape index (κ3) is 9.16. The number of rotatable bonds is 15. The number of nitrogens with one attached hydrogen (secondary N) is 3. The highest BCUT2D eigenvalue weighted by Crippen LogP contribution is 2.27. The van der Waals surface area contributed by atoms with Gasteiger partial charge in [-0.15, -0.1) is 0 Å². The number of nitrogens with zero attached hydrogens (tertiary/aromatic N) is 1. The third-order valence-corrected chi connectivity index (χ3v) is 7.81. The fourth-order valence-corrected chi connectivity index (χ4v) is 5.52. The summed E-state index contributed by atoms with van der Waals surface area (Å²) in [6.45, 7) is 6.93. The summed E-state index contributed by atoms with van der Waals surface area (Å²) in [6, 6.07) is 15.4. The van der Waals surface area contributed by atoms with Crippen molar-refractivity contribution >= 4 is 28.5 Å². The molecule has 1 saturated heterocycles. The van der Waals surface area contributed by atoms with E-state index in [1.165, 1.54) is 5.56 Å². The number of carbonyl (C=O) groups is 3. The van der Waals surface area contributed by atoms with Crippen molar-refractivity contribution in [3.63, 3.8) is 0 Å². The van der Waals surface area contributed by atoms with Crippen LogP contribution in [0.2, 0.25) is 0 Å². The van der Waals surface area contributed by atoms with Gasteiger partial charge in [-0.25, -0.2) is 0 Å². The van der Waals surface area contributed by atoms with E-state index < -0.39 is 6.04 Å². The van der Waals surface area contributed by atoms with Crippen molar-refractivity contribution in [2.45, 2.75) is 71.1 Å². The minimum absolute atomic E-state index is 0.123. The number of fused-ring (bicyclic) bond motifs is 1. The number of Topliss-reactive ketones (excluding diaryl/α,β-unsaturated/α-hetero) is 1. The fraction of sp³-hybridized carbons (Fsp3) is 0.485. The number of morpholine rings is 1. The van der Waals surface area contributed by atoms with E-state index in [4.69, 9.17) is 9.47 Å². The lowest BCUT2D eigenvalue weighted by Crippen LogP contribution is -2.51. The predicted octanol–water partition coefficient (Wildman–Crippen LogP) is 4.07. The molecule has 3 aromatic rings. The van der Waals surface area contributed by atoms with E-state index in [9.17, 15) is 14.4 Å². The molecule has 0 saturated carbocycles. The average Bonchev–Trinajstić information content (AvgIpc) is 3.29. The Morgan fingerprint density at radius 3 is 2.69 bits per heavy atom. The van der Waals surface area contributed by atoms with Crippen molar-refractivity contribution in [2.75, 3.05) is 33.4 Å². The lowest BCUT2D eigenvalue weighted by Gasteiger charge is -2.33. The Bertz CT molecular complexity index is 1340. The molecule has 42 heavy (non-hydrogen) atoms. The summed E-state index contributed by atoms with van der Waals surface area (Å²) >= 11 is 0. The lowest BCUT2D eigenvalue weighted by atomic mass is 10.0. The van der Waals surface area contributed by atoms with Crippen LogP contribution in [-0.4, -0.2) is 73.0 Å². The quantitative estimate of drug-likeness (QED) is 0.235. The second-order valence-corrected chi connectivity index (χ2v) is 11.2. The first kappa shape index (κ1) is 31.3. The van der Waals surface area contributed by atoms with Crippen LogP contribution in [0.1, 0.15) is 55.8 Å². The van der Waals surface area contributed by atoms with Crippen LogP contribution in [0.25, 0.3) is 10.9 Å². The number of carbonyl (C=O) groups excluding carboxylic acids is 3. The number of aromatic amines is 1. The molecular formula is C33H44N4O5. The molecule has 0 aliphatic carbocycles. The van der Waals surface area contributed by atoms with Gasteiger partial charge in [-0.2, -0.15) is 0 Å². The summed E-state index contributed by atoms with van der Waals surface area (Å²) in [5.74, 6) is 0.458. The number of amides is 2. The van der Waals surface area contributed by atoms with Crippen molar-refractivity contribution in [3.05, 3.63) is 65.4 Å². The first-order valence-electron chi connectivity index (χ1n) is 14.9. The van der Waals surface area contributed by atoms with Crippen LogP contribution < -0.4 is 15.4 Å². The van der Waals surface area contributed by atoms with Gasteiger partial charge in [0.2, 0.25) is 11.8 Å². The molecule has 9 heteroatoms. The third-order valence-electron chi connectivity index (χ3n) is 7.81. The Hall–Kier alpha value is -3.69. The van der Waals surface area contributed by atoms with Crippen molar-refractivity contribution in [2.24, 2.45) is 0 Å². The largest absolute Gasteiger partial charge is 0.497 e. The van der Waals surface area contributed by atoms with Crippen LogP contribution in [0.15, 0.2) is 48.5 Å². The first-order valence-corrected chi connectivity index (χ1v) is 14.9. The smallest absolute Gasteiger partial charge is 0.242 e. The van der Waals surface area contributed by atoms with Crippen LogP contribution in [0.3, 0.4) is 0 Å². The maximum Gasteiger partial charge on any atom is 0.242 e. The number of unbranched alkanes of at least 4 members (excludes halogenated alkanes) is 2. The molecular weight excluding hydrogens is 532 g/mol. The molecule has 4 rings (SSSR count). The maximum absolute atomic E-state index is 13.4. The highest BCUT2D eigenvalue weighted by molar-refractivity contribution is 5.93. The summed E-state index contributed by atoms with van der Waals surface area (Å²) in [6.07, 6.45) is 3.39. The molecule has 2 heterocycles. The highest BCUT2D eigenvalue weighted by Gasteiger charge is 2.25. The predicted molar refractivity (Wildman–Crippen MR) is 163 cm³/mol. The molecule has 1 aromatic heterocycles. The van der Waals surface area contributed by atoms with Gasteiger partial charge in [0, 0.05) is 49.2 Å². The topological polar surface area (TPSA) is 113 Å². The van der Waals surface area contributed by atoms with Gasteiger partial charge >= 0.3 is 0 Å². The summed E-state index contributed by atoms with van der Waals surface area (Å²) in [7, 11) is 1.62. The molecule has 9 nitrogen and oxygen atoms in total. The van der Waals surface area contributed by atoms with Gasteiger partial charge in [0.05, 0.1) is 26.2 Å². The van der Waals surface area contributed by atoms with Crippen molar-refractivity contribution < 1.29 is 23.9 Å². The monoisotopic (exact) mass is 576 g/mol. The van der Waals surface area contributed by atoms with Gasteiger partial charge in [0.25, 0.3) is 0 Å². The van der Waals surface area contributed by atoms with Crippen molar-refractivity contribution in [3.8, 4) is 5.75 Å². The van der Waals surface area contributed by atoms with E-state index in [2.05, 4.69) is 32.7 Å². The number of H-pyrrole nitrogens is 1. The molecule has 1 aliphatic heterocycles. The molecule has 0 spiro atoms. The molecule has 2 amide bonds. The first-order chi connectivity index (χ1) is 20.3. The van der Waals surface area contributed by atoms with E-state index in [-0.39, 0.29) is 30.1 Å². The Kier molecular flexibility index (Phi) is 11.5. The Morgan fingerprint density at radius 2 is 1.93 bits per heavy atom. The molecule has 2 atom stereocenters. The standard InChI is InChI=1S/C33H44N4O5/c1-23(38)10-6-4-9-13-31(36-32(39)19-28-24(2)35-30-15-14-26(41-3)18-29(28)30)33(40)34-20-27-22-37(16-17-42-27)21-25-11-7-5-8-12-25/h5,7-8,11-12,14-15,18,27,31,35H,4,6,9-10,13,16-17,19-22H2,1-3H3,(H,34,40)(H,36,39)/t27?,31-/m0/s1. The van der Waals surface area contributed by atoms with Crippen LogP contribution in [0.5, 0.6) is 5.75 Å². The Balaban J connectivity index is 1.35. The summed E-state index contributed by atoms with van der Waals surface area (Å²) in [4.78, 5) is 43.6. The molecule has 1 fully saturated rings. The van der Waals surface area contributed by atoms with E-state index in [1.54, 1.807) is 14.0 Å². The number of methoxy groups -OCH3 is 1. The normalized spacial score (nSPS) is 16.2. The lowest BCUT2D eigenvalue weighted by molar-refractivity contribution is -0.129. The van der Waals surface area contributed by atoms with E-state index in [1.807, 2.05) is 43.3 Å². The van der Waals surface area contributed by atoms with Crippen LogP contribution in [-0.2, 0) is 32.1 Å². The average molecular weight is 577 g/mol. The highest BCUT2D eigenvalue weighted by atomic mass is 16.5. The fourth-order valence-electron chi connectivity index (χ4n) is 5.52. The van der Waals surface area contributed by atoms with Crippen molar-refractivity contribution in [1.29, 1.82) is 0 Å². The van der Waals surface area contributed by atoms with Crippen molar-refractivity contribution in [1.82, 2.24) is 20.5 Å². The number of aryl methyl sites for hydroxylation is 1. The molecule has 3 N–H and O–H groups in total. The summed E-state index contributed by atoms with van der Waals surface area (Å²) in [5.41, 5.74) is 3.98. The van der Waals surface area contributed by atoms with E-state index in [0.29, 0.717) is 26.0 Å². The van der Waals surface area contributed by atoms with Gasteiger partial charge in [-0.1, -0.05) is 43.2 Å². The molecule has 1 aliphatic rings. The van der Waals surface area contributed by atoms with Crippen LogP contribution >= 0.6 is 0 Å². The summed E-state index contributed by atoms with van der Waals surface area (Å²) in [5, 5.41) is 6.96. The zero-order valence-corrected chi connectivity index (χ0v) is 25.0. The van der Waals surface area contributed by atoms with E-state index in [0.717, 1.165) is 66.8 Å². The molecule has 226 valence electrons. The van der Waals surface area contributed by atoms with Crippen LogP contribution in [0.4, 0.5) is 0 Å². The SMILES string of the molecule is COc1ccc2[nH]c(C)c(CC(=O)N[C@@H](CCCCCC(C)=O)C(=O)NCC3CN(Cc4ccccc4)CCO3)c2c1. The van der Waals surface area contributed by atoms with Gasteiger partial charge in [0.15, 0.2) is 0 Å². The number of ether oxygens (including phenoxy) is 2. The second kappa shape index (κ2) is 15.5. The minimum atomic E-state index is -0.668. The van der Waals surface area contributed by atoms with Gasteiger partial charge < -0.3 is 29.9 Å². The maximum atomic E-state index is 13.4. The number of hydrogen-bond acceptors (Lipinski definition) is 6. The number of hydrogen-bond donors (Lipinski definition) is 3. The Labute approximate surface area is 248 Å². The second-order valence-electron chi connectivity index (χ2n) is 11.2. The number of benzene rings is 2. The van der Waals surface area contributed by atoms with Gasteiger partial charge in [-0.05, 0) is 56.0 Å². The molecule has 0 radical (unpaired) electrons. The Morgan fingerprint density at radius 1 is 1.12 bits per heavy atom. The zero-order valence-electron chi connectivity index (χ0n) is 25.0. The molecule has 0 bridgehead atoms. The van der Waals surface area contributed by atoms with Gasteiger partial charge in [0.1, 0.15) is 17.6 Å². The number of aromatic nitrogens is 1. The molecule has 2 aromatic carbocycles. The number of ketones is 1.